The van der Waals surface area contributed by atoms with Crippen molar-refractivity contribution < 1.29 is 19.8 Å². The van der Waals surface area contributed by atoms with Gasteiger partial charge in [-0.15, -0.1) is 0 Å². The van der Waals surface area contributed by atoms with Crippen LogP contribution in [0, 0.1) is 0 Å². The van der Waals surface area contributed by atoms with Crippen molar-refractivity contribution in [2.24, 2.45) is 0 Å². The van der Waals surface area contributed by atoms with Gasteiger partial charge in [-0.25, -0.2) is 0 Å². The number of rotatable bonds is 4. The van der Waals surface area contributed by atoms with Gasteiger partial charge in [0.2, 0.25) is 0 Å². The van der Waals surface area contributed by atoms with Crippen LogP contribution in [0.25, 0.3) is 0 Å². The molecule has 2 rings (SSSR count). The van der Waals surface area contributed by atoms with E-state index in [-0.39, 0.29) is 26.3 Å². The summed E-state index contributed by atoms with van der Waals surface area (Å²) < 4.78 is 0. The third-order valence-electron chi connectivity index (χ3n) is 3.57. The zero-order chi connectivity index (χ0) is 15.2. The number of hydrogen-bond donors (Lipinski definition) is 2. The van der Waals surface area contributed by atoms with E-state index in [1.54, 1.807) is 0 Å². The molecule has 1 aliphatic rings. The van der Waals surface area contributed by atoms with E-state index in [0.717, 1.165) is 24.1 Å². The SMILES string of the molecule is O=C(C(=O)N1CCCc2ccccc21)N(CCO)CCO. The Hall–Kier alpha value is -1.92. The number of nitrogens with zero attached hydrogens (tertiary/aromatic N) is 2. The average molecular weight is 292 g/mol. The summed E-state index contributed by atoms with van der Waals surface area (Å²) in [5, 5.41) is 17.9. The molecule has 1 aliphatic heterocycles. The lowest BCUT2D eigenvalue weighted by Gasteiger charge is -2.30. The molecule has 114 valence electrons. The summed E-state index contributed by atoms with van der Waals surface area (Å²) in [4.78, 5) is 27.3. The Labute approximate surface area is 123 Å². The molecule has 1 aromatic carbocycles. The fourth-order valence-electron chi connectivity index (χ4n) is 2.55. The predicted molar refractivity (Wildman–Crippen MR) is 77.9 cm³/mol. The van der Waals surface area contributed by atoms with Gasteiger partial charge in [-0.2, -0.15) is 0 Å². The van der Waals surface area contributed by atoms with E-state index >= 15 is 0 Å². The molecule has 0 fully saturated rings. The molecule has 0 aromatic heterocycles. The van der Waals surface area contributed by atoms with Crippen molar-refractivity contribution >= 4 is 17.5 Å². The van der Waals surface area contributed by atoms with Crippen LogP contribution in [0.15, 0.2) is 24.3 Å². The third kappa shape index (κ3) is 3.40. The van der Waals surface area contributed by atoms with Crippen LogP contribution in [-0.4, -0.2) is 59.8 Å². The molecule has 6 heteroatoms. The summed E-state index contributed by atoms with van der Waals surface area (Å²) in [6.45, 7) is 0.111. The molecule has 1 heterocycles. The Bertz CT molecular complexity index is 512. The molecule has 1 aromatic rings. The van der Waals surface area contributed by atoms with Crippen molar-refractivity contribution in [1.29, 1.82) is 0 Å². The summed E-state index contributed by atoms with van der Waals surface area (Å²) in [6, 6.07) is 7.55. The average Bonchev–Trinajstić information content (AvgIpc) is 2.52. The van der Waals surface area contributed by atoms with E-state index in [9.17, 15) is 9.59 Å². The molecule has 0 spiro atoms. The molecule has 0 saturated heterocycles. The lowest BCUT2D eigenvalue weighted by atomic mass is 10.0. The lowest BCUT2D eigenvalue weighted by Crippen LogP contribution is -2.48. The Balaban J connectivity index is 2.18. The topological polar surface area (TPSA) is 81.1 Å². The maximum absolute atomic E-state index is 12.4. The summed E-state index contributed by atoms with van der Waals surface area (Å²) >= 11 is 0. The monoisotopic (exact) mass is 292 g/mol. The summed E-state index contributed by atoms with van der Waals surface area (Å²) in [6.07, 6.45) is 1.71. The number of fused-ring (bicyclic) bond motifs is 1. The minimum Gasteiger partial charge on any atom is -0.395 e. The van der Waals surface area contributed by atoms with E-state index in [2.05, 4.69) is 0 Å². The van der Waals surface area contributed by atoms with Crippen LogP contribution in [0.4, 0.5) is 5.69 Å². The summed E-state index contributed by atoms with van der Waals surface area (Å²) in [5.41, 5.74) is 1.83. The highest BCUT2D eigenvalue weighted by molar-refractivity contribution is 6.40. The first-order valence-corrected chi connectivity index (χ1v) is 7.09. The van der Waals surface area contributed by atoms with Gasteiger partial charge in [-0.1, -0.05) is 18.2 Å². The molecule has 0 unspecified atom stereocenters. The van der Waals surface area contributed by atoms with Crippen molar-refractivity contribution in [3.63, 3.8) is 0 Å². The lowest BCUT2D eigenvalue weighted by molar-refractivity contribution is -0.145. The van der Waals surface area contributed by atoms with Crippen LogP contribution < -0.4 is 4.90 Å². The third-order valence-corrected chi connectivity index (χ3v) is 3.57. The normalized spacial score (nSPS) is 13.7. The number of para-hydroxylation sites is 1. The van der Waals surface area contributed by atoms with Gasteiger partial charge in [-0.05, 0) is 24.5 Å². The van der Waals surface area contributed by atoms with Gasteiger partial charge in [0, 0.05) is 25.3 Å². The largest absolute Gasteiger partial charge is 0.395 e. The van der Waals surface area contributed by atoms with Crippen molar-refractivity contribution in [3.05, 3.63) is 29.8 Å². The number of carbonyl (C=O) groups is 2. The van der Waals surface area contributed by atoms with Crippen LogP contribution in [0.1, 0.15) is 12.0 Å². The number of aryl methyl sites for hydroxylation is 1. The fourth-order valence-corrected chi connectivity index (χ4v) is 2.55. The van der Waals surface area contributed by atoms with Gasteiger partial charge in [0.05, 0.1) is 13.2 Å². The molecule has 2 N–H and O–H groups in total. The van der Waals surface area contributed by atoms with Gasteiger partial charge in [0.1, 0.15) is 0 Å². The molecule has 2 amide bonds. The van der Waals surface area contributed by atoms with E-state index in [1.165, 1.54) is 9.80 Å². The number of amides is 2. The number of aliphatic hydroxyl groups excluding tert-OH is 2. The molecule has 0 atom stereocenters. The molecule has 0 saturated carbocycles. The highest BCUT2D eigenvalue weighted by Crippen LogP contribution is 2.26. The Morgan fingerprint density at radius 2 is 1.81 bits per heavy atom. The van der Waals surface area contributed by atoms with Crippen molar-refractivity contribution in [3.8, 4) is 0 Å². The van der Waals surface area contributed by atoms with Gasteiger partial charge in [-0.3, -0.25) is 9.59 Å². The number of aliphatic hydroxyl groups is 2. The number of anilines is 1. The highest BCUT2D eigenvalue weighted by Gasteiger charge is 2.30. The predicted octanol–water partition coefficient (Wildman–Crippen LogP) is -0.221. The van der Waals surface area contributed by atoms with E-state index in [1.807, 2.05) is 24.3 Å². The molecule has 21 heavy (non-hydrogen) atoms. The second kappa shape index (κ2) is 7.19. The fraction of sp³-hybridized carbons (Fsp3) is 0.467. The zero-order valence-corrected chi connectivity index (χ0v) is 11.9. The Morgan fingerprint density at radius 3 is 2.48 bits per heavy atom. The smallest absolute Gasteiger partial charge is 0.316 e. The summed E-state index contributed by atoms with van der Waals surface area (Å²) in [7, 11) is 0. The number of carbonyl (C=O) groups excluding carboxylic acids is 2. The van der Waals surface area contributed by atoms with Crippen molar-refractivity contribution in [1.82, 2.24) is 4.90 Å². The number of hydrogen-bond acceptors (Lipinski definition) is 4. The quantitative estimate of drug-likeness (QED) is 0.752. The first-order valence-electron chi connectivity index (χ1n) is 7.09. The van der Waals surface area contributed by atoms with Crippen LogP contribution >= 0.6 is 0 Å². The first-order chi connectivity index (χ1) is 10.2. The zero-order valence-electron chi connectivity index (χ0n) is 11.9. The maximum atomic E-state index is 12.4. The molecule has 6 nitrogen and oxygen atoms in total. The first kappa shape index (κ1) is 15.5. The van der Waals surface area contributed by atoms with Crippen LogP contribution in [0.3, 0.4) is 0 Å². The van der Waals surface area contributed by atoms with E-state index in [4.69, 9.17) is 10.2 Å². The Morgan fingerprint density at radius 1 is 1.14 bits per heavy atom. The molecular weight excluding hydrogens is 272 g/mol. The van der Waals surface area contributed by atoms with Crippen molar-refractivity contribution in [2.45, 2.75) is 12.8 Å². The minimum atomic E-state index is -0.685. The molecule has 0 radical (unpaired) electrons. The van der Waals surface area contributed by atoms with Crippen LogP contribution in [0.2, 0.25) is 0 Å². The molecular formula is C15H20N2O4. The van der Waals surface area contributed by atoms with Crippen LogP contribution in [0.5, 0.6) is 0 Å². The van der Waals surface area contributed by atoms with Gasteiger partial charge >= 0.3 is 11.8 Å². The second-order valence-corrected chi connectivity index (χ2v) is 4.93. The second-order valence-electron chi connectivity index (χ2n) is 4.93. The standard InChI is InChI=1S/C15H20N2O4/c18-10-8-16(9-11-19)14(20)15(21)17-7-3-5-12-4-1-2-6-13(12)17/h1-2,4,6,18-19H,3,5,7-11H2. The van der Waals surface area contributed by atoms with Crippen LogP contribution in [-0.2, 0) is 16.0 Å². The Kier molecular flexibility index (Phi) is 5.30. The molecule has 0 bridgehead atoms. The van der Waals surface area contributed by atoms with E-state index < -0.39 is 11.8 Å². The van der Waals surface area contributed by atoms with Gasteiger partial charge < -0.3 is 20.0 Å². The maximum Gasteiger partial charge on any atom is 0.316 e. The molecule has 0 aliphatic carbocycles. The van der Waals surface area contributed by atoms with Crippen molar-refractivity contribution in [2.75, 3.05) is 37.7 Å². The minimum absolute atomic E-state index is 0.0423. The van der Waals surface area contributed by atoms with E-state index in [0.29, 0.717) is 6.54 Å². The summed E-state index contributed by atoms with van der Waals surface area (Å²) in [5.74, 6) is -1.29. The number of benzene rings is 1. The highest BCUT2D eigenvalue weighted by atomic mass is 16.3. The van der Waals surface area contributed by atoms with Gasteiger partial charge in [0.15, 0.2) is 0 Å². The van der Waals surface area contributed by atoms with Gasteiger partial charge in [0.25, 0.3) is 0 Å².